The van der Waals surface area contributed by atoms with Gasteiger partial charge in [-0.3, -0.25) is 4.99 Å². The fourth-order valence-electron chi connectivity index (χ4n) is 2.60. The topological polar surface area (TPSA) is 24.4 Å². The molecule has 0 aromatic carbocycles. The molecule has 2 aliphatic rings. The van der Waals surface area contributed by atoms with Crippen LogP contribution in [0.5, 0.6) is 0 Å². The van der Waals surface area contributed by atoms with Gasteiger partial charge in [0.2, 0.25) is 0 Å². The van der Waals surface area contributed by atoms with E-state index < -0.39 is 0 Å². The van der Waals surface area contributed by atoms with Crippen LogP contribution in [0, 0.1) is 17.8 Å². The molecule has 2 rings (SSSR count). The molecule has 0 radical (unpaired) electrons. The summed E-state index contributed by atoms with van der Waals surface area (Å²) in [5, 5.41) is 5.46. The van der Waals surface area contributed by atoms with E-state index in [0.29, 0.717) is 5.25 Å². The maximum absolute atomic E-state index is 4.61. The molecule has 17 heavy (non-hydrogen) atoms. The van der Waals surface area contributed by atoms with Gasteiger partial charge in [0, 0.05) is 11.8 Å². The molecule has 0 spiro atoms. The Morgan fingerprint density at radius 3 is 2.59 bits per heavy atom. The molecule has 1 aliphatic heterocycles. The lowest BCUT2D eigenvalue weighted by Crippen LogP contribution is -2.29. The fourth-order valence-corrected chi connectivity index (χ4v) is 3.62. The molecule has 2 nitrogen and oxygen atoms in total. The number of thioether (sulfide) groups is 1. The van der Waals surface area contributed by atoms with Gasteiger partial charge in [-0.2, -0.15) is 0 Å². The van der Waals surface area contributed by atoms with Crippen molar-refractivity contribution in [1.82, 2.24) is 5.32 Å². The summed E-state index contributed by atoms with van der Waals surface area (Å²) in [6, 6.07) is 0. The molecule has 1 atom stereocenters. The predicted octanol–water partition coefficient (Wildman–Crippen LogP) is 3.53. The van der Waals surface area contributed by atoms with Crippen LogP contribution >= 0.6 is 11.8 Å². The smallest absolute Gasteiger partial charge is 0.156 e. The molecule has 1 fully saturated rings. The monoisotopic (exact) mass is 254 g/mol. The molecule has 0 saturated heterocycles. The van der Waals surface area contributed by atoms with Crippen LogP contribution in [0.4, 0.5) is 0 Å². The van der Waals surface area contributed by atoms with E-state index in [4.69, 9.17) is 0 Å². The Balaban J connectivity index is 1.66. The third-order valence-corrected chi connectivity index (χ3v) is 5.59. The van der Waals surface area contributed by atoms with Crippen molar-refractivity contribution in [2.75, 3.05) is 13.1 Å². The van der Waals surface area contributed by atoms with Crippen LogP contribution in [0.25, 0.3) is 0 Å². The van der Waals surface area contributed by atoms with Crippen molar-refractivity contribution < 1.29 is 0 Å². The summed E-state index contributed by atoms with van der Waals surface area (Å²) in [4.78, 5) is 4.61. The van der Waals surface area contributed by atoms with Crippen LogP contribution < -0.4 is 5.32 Å². The summed E-state index contributed by atoms with van der Waals surface area (Å²) in [6.45, 7) is 9.11. The van der Waals surface area contributed by atoms with Gasteiger partial charge in [0.1, 0.15) is 0 Å². The highest BCUT2D eigenvalue weighted by atomic mass is 32.2. The van der Waals surface area contributed by atoms with Gasteiger partial charge in [0.25, 0.3) is 0 Å². The normalized spacial score (nSPS) is 33.9. The zero-order chi connectivity index (χ0) is 12.3. The van der Waals surface area contributed by atoms with Crippen molar-refractivity contribution in [3.8, 4) is 0 Å². The van der Waals surface area contributed by atoms with Crippen molar-refractivity contribution >= 4 is 16.9 Å². The third kappa shape index (κ3) is 3.90. The maximum Gasteiger partial charge on any atom is 0.156 e. The summed E-state index contributed by atoms with van der Waals surface area (Å²) in [6.07, 6.45) is 5.64. The minimum Gasteiger partial charge on any atom is -0.365 e. The fraction of sp³-hybridized carbons (Fsp3) is 0.929. The lowest BCUT2D eigenvalue weighted by Gasteiger charge is -2.26. The van der Waals surface area contributed by atoms with Gasteiger partial charge >= 0.3 is 0 Å². The molecule has 1 aliphatic carbocycles. The Kier molecular flexibility index (Phi) is 4.78. The summed E-state index contributed by atoms with van der Waals surface area (Å²) in [5.41, 5.74) is 0. The number of hydrogen-bond donors (Lipinski definition) is 1. The van der Waals surface area contributed by atoms with Gasteiger partial charge in [0.15, 0.2) is 5.17 Å². The molecular formula is C14H26N2S. The lowest BCUT2D eigenvalue weighted by atomic mass is 9.83. The molecule has 0 amide bonds. The SMILES string of the molecule is CC1CCC(CNC2=NCC(C(C)C)S2)CC1. The quantitative estimate of drug-likeness (QED) is 0.833. The van der Waals surface area contributed by atoms with E-state index in [1.54, 1.807) is 0 Å². The number of amidine groups is 1. The highest BCUT2D eigenvalue weighted by molar-refractivity contribution is 8.14. The van der Waals surface area contributed by atoms with Crippen LogP contribution in [0.1, 0.15) is 46.5 Å². The first-order chi connectivity index (χ1) is 8.15. The van der Waals surface area contributed by atoms with E-state index in [1.165, 1.54) is 30.9 Å². The Hall–Kier alpha value is -0.180. The van der Waals surface area contributed by atoms with Crippen molar-refractivity contribution in [2.24, 2.45) is 22.7 Å². The third-order valence-electron chi connectivity index (χ3n) is 4.10. The molecule has 3 heteroatoms. The lowest BCUT2D eigenvalue weighted by molar-refractivity contribution is 0.290. The first-order valence-corrected chi connectivity index (χ1v) is 7.98. The standard InChI is InChI=1S/C14H26N2S/c1-10(2)13-9-16-14(17-13)15-8-12-6-4-11(3)5-7-12/h10-13H,4-9H2,1-3H3,(H,15,16). The van der Waals surface area contributed by atoms with Crippen molar-refractivity contribution in [3.63, 3.8) is 0 Å². The van der Waals surface area contributed by atoms with Crippen LogP contribution in [-0.2, 0) is 0 Å². The Bertz CT molecular complexity index is 267. The molecule has 1 saturated carbocycles. The van der Waals surface area contributed by atoms with E-state index in [-0.39, 0.29) is 0 Å². The van der Waals surface area contributed by atoms with E-state index in [9.17, 15) is 0 Å². The van der Waals surface area contributed by atoms with E-state index in [1.807, 2.05) is 11.8 Å². The average molecular weight is 254 g/mol. The summed E-state index contributed by atoms with van der Waals surface area (Å²) in [5.74, 6) is 2.57. The molecule has 0 aromatic heterocycles. The predicted molar refractivity (Wildman–Crippen MR) is 77.6 cm³/mol. The highest BCUT2D eigenvalue weighted by Crippen LogP contribution is 2.29. The Labute approximate surface area is 110 Å². The van der Waals surface area contributed by atoms with Crippen LogP contribution in [0.2, 0.25) is 0 Å². The summed E-state index contributed by atoms with van der Waals surface area (Å²) in [7, 11) is 0. The number of nitrogens with one attached hydrogen (secondary N) is 1. The van der Waals surface area contributed by atoms with Gasteiger partial charge in [-0.25, -0.2) is 0 Å². The Morgan fingerprint density at radius 1 is 1.29 bits per heavy atom. The zero-order valence-electron chi connectivity index (χ0n) is 11.4. The second kappa shape index (κ2) is 6.12. The minimum atomic E-state index is 0.698. The van der Waals surface area contributed by atoms with Gasteiger partial charge in [-0.15, -0.1) is 0 Å². The minimum absolute atomic E-state index is 0.698. The highest BCUT2D eigenvalue weighted by Gasteiger charge is 2.23. The second-order valence-electron chi connectivity index (χ2n) is 6.05. The number of hydrogen-bond acceptors (Lipinski definition) is 3. The van der Waals surface area contributed by atoms with Crippen LogP contribution in [-0.4, -0.2) is 23.5 Å². The molecular weight excluding hydrogens is 228 g/mol. The first-order valence-electron chi connectivity index (χ1n) is 7.10. The first kappa shape index (κ1) is 13.3. The molecule has 0 bridgehead atoms. The van der Waals surface area contributed by atoms with Crippen LogP contribution in [0.3, 0.4) is 0 Å². The molecule has 98 valence electrons. The molecule has 1 N–H and O–H groups in total. The molecule has 0 aromatic rings. The number of aliphatic imine (C=N–C) groups is 1. The molecule has 1 heterocycles. The van der Waals surface area contributed by atoms with Gasteiger partial charge in [-0.05, 0) is 30.6 Å². The van der Waals surface area contributed by atoms with E-state index in [2.05, 4.69) is 31.1 Å². The largest absolute Gasteiger partial charge is 0.365 e. The van der Waals surface area contributed by atoms with E-state index >= 15 is 0 Å². The van der Waals surface area contributed by atoms with Gasteiger partial charge in [0.05, 0.1) is 6.54 Å². The number of nitrogens with zero attached hydrogens (tertiary/aromatic N) is 1. The molecule has 1 unspecified atom stereocenters. The van der Waals surface area contributed by atoms with Crippen molar-refractivity contribution in [2.45, 2.75) is 51.7 Å². The van der Waals surface area contributed by atoms with E-state index in [0.717, 1.165) is 30.8 Å². The van der Waals surface area contributed by atoms with Crippen molar-refractivity contribution in [1.29, 1.82) is 0 Å². The zero-order valence-corrected chi connectivity index (χ0v) is 12.2. The Morgan fingerprint density at radius 2 is 2.00 bits per heavy atom. The summed E-state index contributed by atoms with van der Waals surface area (Å²) >= 11 is 1.95. The second-order valence-corrected chi connectivity index (χ2v) is 7.28. The van der Waals surface area contributed by atoms with Crippen LogP contribution in [0.15, 0.2) is 4.99 Å². The maximum atomic E-state index is 4.61. The average Bonchev–Trinajstić information content (AvgIpc) is 2.77. The van der Waals surface area contributed by atoms with Crippen molar-refractivity contribution in [3.05, 3.63) is 0 Å². The number of rotatable bonds is 3. The summed E-state index contributed by atoms with van der Waals surface area (Å²) < 4.78 is 0. The van der Waals surface area contributed by atoms with Gasteiger partial charge < -0.3 is 5.32 Å². The van der Waals surface area contributed by atoms with Gasteiger partial charge in [-0.1, -0.05) is 45.4 Å².